The number of aliphatic imine (C=N–C) groups is 1. The number of methoxy groups -OCH3 is 1. The van der Waals surface area contributed by atoms with Gasteiger partial charge in [-0.1, -0.05) is 29.8 Å². The Kier molecular flexibility index (Phi) is 5.05. The van der Waals surface area contributed by atoms with Gasteiger partial charge in [-0.25, -0.2) is 9.98 Å². The first-order chi connectivity index (χ1) is 11.7. The summed E-state index contributed by atoms with van der Waals surface area (Å²) in [7, 11) is 1.53. The first-order valence-corrected chi connectivity index (χ1v) is 8.01. The van der Waals surface area contributed by atoms with E-state index in [1.165, 1.54) is 7.11 Å². The summed E-state index contributed by atoms with van der Waals surface area (Å²) in [5.74, 6) is 1.66. The molecule has 1 aliphatic rings. The zero-order valence-corrected chi connectivity index (χ0v) is 14.1. The Balaban J connectivity index is 1.66. The Labute approximate surface area is 145 Å². The minimum absolute atomic E-state index is 0.0938. The maximum atomic E-state index is 6.06. The molecular formula is C17H19ClN4O2. The number of rotatable bonds is 4. The number of hydrogen-bond acceptors (Lipinski definition) is 4. The highest BCUT2D eigenvalue weighted by atomic mass is 35.5. The monoisotopic (exact) mass is 346 g/mol. The molecule has 7 heteroatoms. The van der Waals surface area contributed by atoms with Crippen LogP contribution in [0.4, 0.5) is 0 Å². The number of hydrogen-bond donors (Lipinski definition) is 2. The van der Waals surface area contributed by atoms with Gasteiger partial charge in [-0.05, 0) is 17.7 Å². The predicted octanol–water partition coefficient (Wildman–Crippen LogP) is 2.67. The molecule has 0 bridgehead atoms. The van der Waals surface area contributed by atoms with Crippen LogP contribution in [0, 0.1) is 0 Å². The number of ether oxygens (including phenoxy) is 2. The Bertz CT molecular complexity index is 751. The molecule has 3 rings (SSSR count). The van der Waals surface area contributed by atoms with Crippen LogP contribution in [-0.2, 0) is 6.54 Å². The Hall–Kier alpha value is -2.47. The standard InChI is InChI=1S/C17H19ClN4O2/c1-23-16-13(18)8-11(9-20-16)10-21-17(19)22-14-6-7-24-15-5-3-2-4-12(14)15/h2-5,8-9,14H,6-7,10H2,1H3,(H3,19,21,22). The molecule has 0 radical (unpaired) electrons. The molecule has 126 valence electrons. The maximum absolute atomic E-state index is 6.06. The molecule has 1 aliphatic heterocycles. The van der Waals surface area contributed by atoms with Crippen molar-refractivity contribution in [1.82, 2.24) is 10.3 Å². The highest BCUT2D eigenvalue weighted by Crippen LogP contribution is 2.31. The zero-order valence-electron chi connectivity index (χ0n) is 13.3. The minimum atomic E-state index is 0.0938. The highest BCUT2D eigenvalue weighted by Gasteiger charge is 2.21. The molecule has 0 saturated heterocycles. The van der Waals surface area contributed by atoms with Gasteiger partial charge < -0.3 is 20.5 Å². The predicted molar refractivity (Wildman–Crippen MR) is 93.6 cm³/mol. The van der Waals surface area contributed by atoms with Crippen LogP contribution in [-0.4, -0.2) is 24.7 Å². The van der Waals surface area contributed by atoms with Gasteiger partial charge in [0, 0.05) is 18.2 Å². The third kappa shape index (κ3) is 3.71. The zero-order chi connectivity index (χ0) is 16.9. The summed E-state index contributed by atoms with van der Waals surface area (Å²) >= 11 is 6.06. The molecule has 1 unspecified atom stereocenters. The summed E-state index contributed by atoms with van der Waals surface area (Å²) < 4.78 is 10.7. The van der Waals surface area contributed by atoms with Gasteiger partial charge in [0.2, 0.25) is 5.88 Å². The summed E-state index contributed by atoms with van der Waals surface area (Å²) in [5.41, 5.74) is 7.98. The quantitative estimate of drug-likeness (QED) is 0.657. The number of para-hydroxylation sites is 1. The lowest BCUT2D eigenvalue weighted by Crippen LogP contribution is -2.37. The number of halogens is 1. The molecule has 1 aromatic heterocycles. The number of nitrogens with zero attached hydrogens (tertiary/aromatic N) is 2. The number of fused-ring (bicyclic) bond motifs is 1. The third-order valence-corrected chi connectivity index (χ3v) is 4.04. The van der Waals surface area contributed by atoms with E-state index >= 15 is 0 Å². The van der Waals surface area contributed by atoms with Gasteiger partial charge >= 0.3 is 0 Å². The summed E-state index contributed by atoms with van der Waals surface area (Å²) in [6.07, 6.45) is 2.51. The normalized spacial score (nSPS) is 16.9. The molecule has 0 aliphatic carbocycles. The lowest BCUT2D eigenvalue weighted by atomic mass is 10.0. The van der Waals surface area contributed by atoms with Crippen LogP contribution in [0.3, 0.4) is 0 Å². The molecule has 0 saturated carbocycles. The smallest absolute Gasteiger partial charge is 0.232 e. The number of benzene rings is 1. The van der Waals surface area contributed by atoms with Gasteiger partial charge in [0.15, 0.2) is 5.96 Å². The first-order valence-electron chi connectivity index (χ1n) is 7.64. The number of nitrogens with two attached hydrogens (primary N) is 1. The van der Waals surface area contributed by atoms with Gasteiger partial charge in [-0.2, -0.15) is 0 Å². The van der Waals surface area contributed by atoms with Gasteiger partial charge in [0.05, 0.1) is 26.3 Å². The number of guanidine groups is 1. The number of aromatic nitrogens is 1. The fourth-order valence-electron chi connectivity index (χ4n) is 2.59. The number of nitrogens with one attached hydrogen (secondary N) is 1. The average Bonchev–Trinajstić information content (AvgIpc) is 2.60. The van der Waals surface area contributed by atoms with E-state index in [-0.39, 0.29) is 6.04 Å². The van der Waals surface area contributed by atoms with Crippen LogP contribution < -0.4 is 20.5 Å². The fourth-order valence-corrected chi connectivity index (χ4v) is 2.86. The molecule has 1 aromatic carbocycles. The minimum Gasteiger partial charge on any atom is -0.493 e. The average molecular weight is 347 g/mol. The Morgan fingerprint density at radius 1 is 1.50 bits per heavy atom. The lowest BCUT2D eigenvalue weighted by molar-refractivity contribution is 0.262. The van der Waals surface area contributed by atoms with E-state index in [2.05, 4.69) is 15.3 Å². The first kappa shape index (κ1) is 16.4. The van der Waals surface area contributed by atoms with Crippen molar-refractivity contribution in [2.45, 2.75) is 19.0 Å². The van der Waals surface area contributed by atoms with Gasteiger partial charge in [-0.15, -0.1) is 0 Å². The summed E-state index contributed by atoms with van der Waals surface area (Å²) in [5, 5.41) is 3.71. The van der Waals surface area contributed by atoms with E-state index in [0.717, 1.165) is 23.3 Å². The van der Waals surface area contributed by atoms with Crippen LogP contribution in [0.5, 0.6) is 11.6 Å². The molecule has 3 N–H and O–H groups in total. The number of pyridine rings is 1. The molecule has 1 atom stereocenters. The SMILES string of the molecule is COc1ncc(CN=C(N)NC2CCOc3ccccc32)cc1Cl. The molecule has 24 heavy (non-hydrogen) atoms. The van der Waals surface area contributed by atoms with Crippen molar-refractivity contribution in [3.63, 3.8) is 0 Å². The molecule has 2 aromatic rings. The van der Waals surface area contributed by atoms with E-state index in [1.807, 2.05) is 24.3 Å². The van der Waals surface area contributed by atoms with Crippen LogP contribution in [0.25, 0.3) is 0 Å². The van der Waals surface area contributed by atoms with Crippen molar-refractivity contribution in [2.75, 3.05) is 13.7 Å². The molecule has 0 amide bonds. The largest absolute Gasteiger partial charge is 0.493 e. The van der Waals surface area contributed by atoms with Crippen molar-refractivity contribution < 1.29 is 9.47 Å². The van der Waals surface area contributed by atoms with E-state index in [9.17, 15) is 0 Å². The van der Waals surface area contributed by atoms with Crippen LogP contribution in [0.2, 0.25) is 5.02 Å². The van der Waals surface area contributed by atoms with Crippen molar-refractivity contribution in [2.24, 2.45) is 10.7 Å². The van der Waals surface area contributed by atoms with Gasteiger partial charge in [0.25, 0.3) is 0 Å². The molecular weight excluding hydrogens is 328 g/mol. The van der Waals surface area contributed by atoms with Crippen LogP contribution in [0.1, 0.15) is 23.6 Å². The molecule has 0 fully saturated rings. The summed E-state index contributed by atoms with van der Waals surface area (Å²) in [4.78, 5) is 8.48. The third-order valence-electron chi connectivity index (χ3n) is 3.77. The maximum Gasteiger partial charge on any atom is 0.232 e. The van der Waals surface area contributed by atoms with Crippen LogP contribution >= 0.6 is 11.6 Å². The summed E-state index contributed by atoms with van der Waals surface area (Å²) in [6.45, 7) is 1.04. The van der Waals surface area contributed by atoms with Crippen molar-refractivity contribution in [3.05, 3.63) is 52.7 Å². The van der Waals surface area contributed by atoms with E-state index in [1.54, 1.807) is 12.3 Å². The molecule has 6 nitrogen and oxygen atoms in total. The topological polar surface area (TPSA) is 81.8 Å². The molecule has 2 heterocycles. The second-order valence-corrected chi connectivity index (χ2v) is 5.82. The fraction of sp³-hybridized carbons (Fsp3) is 0.294. The van der Waals surface area contributed by atoms with Crippen LogP contribution in [0.15, 0.2) is 41.5 Å². The lowest BCUT2D eigenvalue weighted by Gasteiger charge is -2.26. The second-order valence-electron chi connectivity index (χ2n) is 5.41. The van der Waals surface area contributed by atoms with Gasteiger partial charge in [0.1, 0.15) is 10.8 Å². The van der Waals surface area contributed by atoms with E-state index in [0.29, 0.717) is 30.0 Å². The van der Waals surface area contributed by atoms with Crippen molar-refractivity contribution in [3.8, 4) is 11.6 Å². The van der Waals surface area contributed by atoms with Gasteiger partial charge in [-0.3, -0.25) is 0 Å². The Morgan fingerprint density at radius 2 is 2.33 bits per heavy atom. The van der Waals surface area contributed by atoms with Crippen molar-refractivity contribution >= 4 is 17.6 Å². The van der Waals surface area contributed by atoms with E-state index in [4.69, 9.17) is 26.8 Å². The Morgan fingerprint density at radius 3 is 3.12 bits per heavy atom. The highest BCUT2D eigenvalue weighted by molar-refractivity contribution is 6.31. The van der Waals surface area contributed by atoms with Crippen molar-refractivity contribution in [1.29, 1.82) is 0 Å². The van der Waals surface area contributed by atoms with E-state index < -0.39 is 0 Å². The second kappa shape index (κ2) is 7.40. The molecule has 0 spiro atoms. The summed E-state index contributed by atoms with van der Waals surface area (Å²) in [6, 6.07) is 9.80.